The number of hydrogen-bond acceptors (Lipinski definition) is 6. The first-order chi connectivity index (χ1) is 11.6. The number of alkyl carbamates (subject to hydrolysis) is 1. The molecule has 1 unspecified atom stereocenters. The van der Waals surface area contributed by atoms with Gasteiger partial charge in [-0.2, -0.15) is 0 Å². The van der Waals surface area contributed by atoms with Crippen molar-refractivity contribution in [3.8, 4) is 0 Å². The summed E-state index contributed by atoms with van der Waals surface area (Å²) in [7, 11) is 0. The van der Waals surface area contributed by atoms with Gasteiger partial charge < -0.3 is 15.2 Å². The van der Waals surface area contributed by atoms with E-state index in [-0.39, 0.29) is 12.3 Å². The predicted octanol–water partition coefficient (Wildman–Crippen LogP) is 2.72. The molecule has 0 radical (unpaired) electrons. The van der Waals surface area contributed by atoms with Crippen molar-refractivity contribution in [1.82, 2.24) is 5.32 Å². The number of carbonyl (C=O) groups excluding carboxylic acids is 1. The molecule has 0 saturated heterocycles. The number of carboxylic acid groups (broad SMARTS) is 1. The van der Waals surface area contributed by atoms with Gasteiger partial charge in [-0.15, -0.1) is 11.8 Å². The van der Waals surface area contributed by atoms with Crippen molar-refractivity contribution in [3.63, 3.8) is 0 Å². The van der Waals surface area contributed by atoms with Crippen LogP contribution in [0.3, 0.4) is 0 Å². The third-order valence-corrected chi connectivity index (χ3v) is 4.29. The number of carboxylic acids is 1. The number of ether oxygens (including phenoxy) is 1. The van der Waals surface area contributed by atoms with Crippen LogP contribution in [0, 0.1) is 10.1 Å². The highest BCUT2D eigenvalue weighted by Crippen LogP contribution is 2.29. The molecule has 0 aromatic heterocycles. The topological polar surface area (TPSA) is 119 Å². The molecule has 8 nitrogen and oxygen atoms in total. The minimum absolute atomic E-state index is 0.0258. The minimum atomic E-state index is -1.23. The Kier molecular flexibility index (Phi) is 7.69. The first-order valence-corrected chi connectivity index (χ1v) is 8.64. The molecule has 0 aliphatic heterocycles. The maximum absolute atomic E-state index is 11.8. The van der Waals surface area contributed by atoms with Crippen molar-refractivity contribution in [2.75, 3.05) is 12.3 Å². The molecule has 1 amide bonds. The summed E-state index contributed by atoms with van der Waals surface area (Å²) >= 11 is 1.11. The number of nitro groups is 1. The maximum atomic E-state index is 11.8. The van der Waals surface area contributed by atoms with Gasteiger partial charge in [-0.25, -0.2) is 9.59 Å². The third-order valence-electron chi connectivity index (χ3n) is 2.94. The Morgan fingerprint density at radius 2 is 1.92 bits per heavy atom. The van der Waals surface area contributed by atoms with E-state index < -0.39 is 33.9 Å². The van der Waals surface area contributed by atoms with Gasteiger partial charge in [0.2, 0.25) is 6.54 Å². The van der Waals surface area contributed by atoms with E-state index in [0.717, 1.165) is 17.3 Å². The molecule has 0 heterocycles. The Morgan fingerprint density at radius 1 is 1.32 bits per heavy atom. The third kappa shape index (κ3) is 8.39. The average Bonchev–Trinajstić information content (AvgIpc) is 2.48. The number of nitrogens with one attached hydrogen (secondary N) is 1. The molecule has 138 valence electrons. The van der Waals surface area contributed by atoms with Gasteiger partial charge in [-0.05, 0) is 26.3 Å². The summed E-state index contributed by atoms with van der Waals surface area (Å²) in [6.07, 6.45) is -0.842. The van der Waals surface area contributed by atoms with Crippen molar-refractivity contribution >= 4 is 23.8 Å². The number of amides is 1. The van der Waals surface area contributed by atoms with Crippen LogP contribution in [0.2, 0.25) is 0 Å². The molecule has 9 heteroatoms. The second kappa shape index (κ2) is 9.26. The minimum Gasteiger partial charge on any atom is -0.480 e. The molecule has 0 fully saturated rings. The van der Waals surface area contributed by atoms with Crippen LogP contribution in [0.4, 0.5) is 4.79 Å². The number of thioether (sulfide) groups is 1. The fraction of sp³-hybridized carbons (Fsp3) is 0.500. The van der Waals surface area contributed by atoms with E-state index in [1.807, 2.05) is 0 Å². The molecule has 25 heavy (non-hydrogen) atoms. The Morgan fingerprint density at radius 3 is 2.40 bits per heavy atom. The van der Waals surface area contributed by atoms with E-state index in [1.165, 1.54) is 0 Å². The van der Waals surface area contributed by atoms with Crippen LogP contribution in [0.5, 0.6) is 0 Å². The monoisotopic (exact) mass is 370 g/mol. The van der Waals surface area contributed by atoms with Crippen molar-refractivity contribution < 1.29 is 24.4 Å². The lowest BCUT2D eigenvalue weighted by molar-refractivity contribution is -0.479. The molecule has 0 bridgehead atoms. The van der Waals surface area contributed by atoms with Gasteiger partial charge in [0.25, 0.3) is 0 Å². The summed E-state index contributed by atoms with van der Waals surface area (Å²) < 4.78 is 5.04. The molecular weight excluding hydrogens is 348 g/mol. The zero-order valence-corrected chi connectivity index (χ0v) is 15.1. The van der Waals surface area contributed by atoms with Gasteiger partial charge in [-0.3, -0.25) is 10.1 Å². The van der Waals surface area contributed by atoms with Crippen molar-refractivity contribution in [1.29, 1.82) is 0 Å². The average molecular weight is 370 g/mol. The Bertz CT molecular complexity index is 602. The second-order valence-corrected chi connectivity index (χ2v) is 7.52. The van der Waals surface area contributed by atoms with Gasteiger partial charge in [0.05, 0.1) is 5.25 Å². The maximum Gasteiger partial charge on any atom is 0.408 e. The molecule has 0 aliphatic rings. The van der Waals surface area contributed by atoms with Crippen LogP contribution in [-0.4, -0.2) is 46.0 Å². The Hall–Kier alpha value is -2.29. The van der Waals surface area contributed by atoms with Crippen LogP contribution in [0.25, 0.3) is 0 Å². The van der Waals surface area contributed by atoms with E-state index >= 15 is 0 Å². The van der Waals surface area contributed by atoms with Gasteiger partial charge in [-0.1, -0.05) is 30.3 Å². The van der Waals surface area contributed by atoms with E-state index in [0.29, 0.717) is 0 Å². The normalized spacial score (nSPS) is 13.6. The largest absolute Gasteiger partial charge is 0.480 e. The van der Waals surface area contributed by atoms with Crippen molar-refractivity contribution in [3.05, 3.63) is 46.0 Å². The number of benzene rings is 1. The molecule has 0 aliphatic carbocycles. The van der Waals surface area contributed by atoms with Crippen LogP contribution < -0.4 is 5.32 Å². The zero-order valence-electron chi connectivity index (χ0n) is 14.3. The van der Waals surface area contributed by atoms with Gasteiger partial charge in [0.1, 0.15) is 11.6 Å². The quantitative estimate of drug-likeness (QED) is 0.533. The van der Waals surface area contributed by atoms with Gasteiger partial charge >= 0.3 is 12.1 Å². The summed E-state index contributed by atoms with van der Waals surface area (Å²) in [5.41, 5.74) is -0.0241. The second-order valence-electron chi connectivity index (χ2n) is 6.29. The van der Waals surface area contributed by atoms with E-state index in [1.54, 1.807) is 51.1 Å². The zero-order chi connectivity index (χ0) is 19.0. The summed E-state index contributed by atoms with van der Waals surface area (Å²) in [6, 6.07) is 7.60. The molecule has 2 N–H and O–H groups in total. The van der Waals surface area contributed by atoms with Gasteiger partial charge in [0.15, 0.2) is 0 Å². The lowest BCUT2D eigenvalue weighted by Gasteiger charge is -2.22. The van der Waals surface area contributed by atoms with Crippen LogP contribution in [0.15, 0.2) is 30.3 Å². The highest BCUT2D eigenvalue weighted by Gasteiger charge is 2.27. The SMILES string of the molecule is CC(C)(C)OC(=O)N[C@H](CSC(C[N+](=O)[O-])c1ccccc1)C(=O)O. The summed E-state index contributed by atoms with van der Waals surface area (Å²) in [6.45, 7) is 4.66. The molecule has 1 rings (SSSR count). The standard InChI is InChI=1S/C16H22N2O6S/c1-16(2,3)24-15(21)17-12(14(19)20)10-25-13(9-18(22)23)11-7-5-4-6-8-11/h4-8,12-13H,9-10H2,1-3H3,(H,17,21)(H,19,20)/t12-,13?/m1/s1. The number of carbonyl (C=O) groups is 2. The summed E-state index contributed by atoms with van der Waals surface area (Å²) in [5, 5.41) is 21.9. The van der Waals surface area contributed by atoms with Gasteiger partial charge in [0, 0.05) is 10.7 Å². The fourth-order valence-electron chi connectivity index (χ4n) is 1.89. The Labute approximate surface area is 150 Å². The van der Waals surface area contributed by atoms with Crippen molar-refractivity contribution in [2.45, 2.75) is 37.7 Å². The number of hydrogen-bond donors (Lipinski definition) is 2. The molecule has 0 saturated carbocycles. The first-order valence-electron chi connectivity index (χ1n) is 7.59. The van der Waals surface area contributed by atoms with Crippen molar-refractivity contribution in [2.24, 2.45) is 0 Å². The first kappa shape index (κ1) is 20.8. The van der Waals surface area contributed by atoms with Crippen LogP contribution >= 0.6 is 11.8 Å². The molecular formula is C16H22N2O6S. The predicted molar refractivity (Wildman–Crippen MR) is 94.3 cm³/mol. The summed E-state index contributed by atoms with van der Waals surface area (Å²) in [5.74, 6) is -1.26. The lowest BCUT2D eigenvalue weighted by Crippen LogP contribution is -2.45. The molecule has 0 spiro atoms. The number of nitrogens with zero attached hydrogens (tertiary/aromatic N) is 1. The Balaban J connectivity index is 2.74. The summed E-state index contributed by atoms with van der Waals surface area (Å²) in [4.78, 5) is 33.5. The highest BCUT2D eigenvalue weighted by molar-refractivity contribution is 7.99. The molecule has 2 atom stereocenters. The van der Waals surface area contributed by atoms with E-state index in [9.17, 15) is 24.8 Å². The van der Waals surface area contributed by atoms with Crippen LogP contribution in [-0.2, 0) is 9.53 Å². The van der Waals surface area contributed by atoms with E-state index in [4.69, 9.17) is 4.74 Å². The van der Waals surface area contributed by atoms with E-state index in [2.05, 4.69) is 5.32 Å². The molecule has 1 aromatic carbocycles. The van der Waals surface area contributed by atoms with Crippen LogP contribution in [0.1, 0.15) is 31.6 Å². The number of rotatable bonds is 8. The highest BCUT2D eigenvalue weighted by atomic mass is 32.2. The molecule has 1 aromatic rings. The smallest absolute Gasteiger partial charge is 0.408 e. The lowest BCUT2D eigenvalue weighted by atomic mass is 10.1. The number of aliphatic carboxylic acids is 1. The fourth-order valence-corrected chi connectivity index (χ4v) is 3.12.